The van der Waals surface area contributed by atoms with Gasteiger partial charge >= 0.3 is 0 Å². The van der Waals surface area contributed by atoms with Gasteiger partial charge in [-0.05, 0) is 31.9 Å². The smallest absolute Gasteiger partial charge is 0.242 e. The number of carbonyl (C=O) groups is 1. The maximum atomic E-state index is 12.1. The monoisotopic (exact) mass is 347 g/mol. The first-order valence-electron chi connectivity index (χ1n) is 7.23. The summed E-state index contributed by atoms with van der Waals surface area (Å²) in [5, 5.41) is 0. The van der Waals surface area contributed by atoms with E-state index in [-0.39, 0.29) is 30.7 Å². The molecule has 0 saturated carbocycles. The summed E-state index contributed by atoms with van der Waals surface area (Å²) in [6, 6.07) is 8.47. The molecule has 1 heterocycles. The summed E-state index contributed by atoms with van der Waals surface area (Å²) in [6.07, 6.45) is 0. The lowest BCUT2D eigenvalue weighted by Gasteiger charge is -2.37. The molecule has 0 radical (unpaired) electrons. The Morgan fingerprint density at radius 1 is 1.14 bits per heavy atom. The Morgan fingerprint density at radius 2 is 1.68 bits per heavy atom. The molecule has 0 atom stereocenters. The van der Waals surface area contributed by atoms with Crippen LogP contribution in [-0.2, 0) is 11.3 Å². The lowest BCUT2D eigenvalue weighted by molar-refractivity contribution is -0.137. The minimum Gasteiger partial charge on any atom is -0.339 e. The van der Waals surface area contributed by atoms with Crippen molar-refractivity contribution in [2.75, 3.05) is 26.2 Å². The summed E-state index contributed by atoms with van der Waals surface area (Å²) < 4.78 is 0. The molecule has 0 unspecified atom stereocenters. The zero-order valence-corrected chi connectivity index (χ0v) is 15.2. The standard InChI is InChI=1S/C16H25N3O.2ClH/c1-13-6-4-5-7-14(13)12-18-8-10-19(11-9-18)15(20)16(2,3)17;;/h4-7H,8-12,17H2,1-3H3;2*1H. The summed E-state index contributed by atoms with van der Waals surface area (Å²) in [5.41, 5.74) is 7.81. The van der Waals surface area contributed by atoms with Gasteiger partial charge in [-0.3, -0.25) is 9.69 Å². The van der Waals surface area contributed by atoms with E-state index in [0.717, 1.165) is 32.7 Å². The van der Waals surface area contributed by atoms with Crippen molar-refractivity contribution in [2.45, 2.75) is 32.9 Å². The molecule has 0 bridgehead atoms. The van der Waals surface area contributed by atoms with Crippen molar-refractivity contribution in [3.8, 4) is 0 Å². The van der Waals surface area contributed by atoms with Gasteiger partial charge in [0.15, 0.2) is 0 Å². The third kappa shape index (κ3) is 5.43. The number of piperazine rings is 1. The highest BCUT2D eigenvalue weighted by Gasteiger charge is 2.30. The molecule has 2 N–H and O–H groups in total. The van der Waals surface area contributed by atoms with E-state index in [4.69, 9.17) is 5.73 Å². The van der Waals surface area contributed by atoms with Crippen LogP contribution in [0.3, 0.4) is 0 Å². The number of halogens is 2. The molecule has 1 aromatic rings. The predicted octanol–water partition coefficient (Wildman–Crippen LogP) is 2.22. The molecular weight excluding hydrogens is 321 g/mol. The van der Waals surface area contributed by atoms with Crippen molar-refractivity contribution in [1.82, 2.24) is 9.80 Å². The van der Waals surface area contributed by atoms with Crippen molar-refractivity contribution < 1.29 is 4.79 Å². The maximum absolute atomic E-state index is 12.1. The van der Waals surface area contributed by atoms with Gasteiger partial charge in [0.05, 0.1) is 5.54 Å². The van der Waals surface area contributed by atoms with Gasteiger partial charge < -0.3 is 10.6 Å². The number of benzene rings is 1. The molecule has 1 saturated heterocycles. The van der Waals surface area contributed by atoms with Gasteiger partial charge in [-0.1, -0.05) is 24.3 Å². The van der Waals surface area contributed by atoms with E-state index in [1.54, 1.807) is 13.8 Å². The van der Waals surface area contributed by atoms with E-state index in [9.17, 15) is 4.79 Å². The van der Waals surface area contributed by atoms with Crippen LogP contribution in [0.15, 0.2) is 24.3 Å². The molecule has 0 spiro atoms. The van der Waals surface area contributed by atoms with Gasteiger partial charge in [-0.15, -0.1) is 24.8 Å². The Labute approximate surface area is 145 Å². The summed E-state index contributed by atoms with van der Waals surface area (Å²) in [6.45, 7) is 10.0. The van der Waals surface area contributed by atoms with Gasteiger partial charge in [0.2, 0.25) is 5.91 Å². The van der Waals surface area contributed by atoms with Crippen LogP contribution in [-0.4, -0.2) is 47.4 Å². The van der Waals surface area contributed by atoms with Crippen molar-refractivity contribution in [3.05, 3.63) is 35.4 Å². The molecule has 0 aromatic heterocycles. The molecule has 22 heavy (non-hydrogen) atoms. The summed E-state index contributed by atoms with van der Waals surface area (Å²) >= 11 is 0. The van der Waals surface area contributed by atoms with E-state index in [0.29, 0.717) is 0 Å². The Bertz CT molecular complexity index is 481. The van der Waals surface area contributed by atoms with E-state index in [2.05, 4.69) is 36.1 Å². The van der Waals surface area contributed by atoms with Crippen LogP contribution in [0, 0.1) is 6.92 Å². The second kappa shape index (κ2) is 8.73. The highest BCUT2D eigenvalue weighted by Crippen LogP contribution is 2.14. The second-order valence-corrected chi connectivity index (χ2v) is 6.22. The molecule has 1 aliphatic heterocycles. The van der Waals surface area contributed by atoms with Crippen LogP contribution >= 0.6 is 24.8 Å². The number of nitrogens with zero attached hydrogens (tertiary/aromatic N) is 2. The number of hydrogen-bond donors (Lipinski definition) is 1. The zero-order valence-electron chi connectivity index (χ0n) is 13.5. The molecule has 0 aliphatic carbocycles. The van der Waals surface area contributed by atoms with Crippen LogP contribution in [0.2, 0.25) is 0 Å². The third-order valence-electron chi connectivity index (χ3n) is 3.87. The molecule has 1 fully saturated rings. The lowest BCUT2D eigenvalue weighted by atomic mass is 10.0. The average molecular weight is 348 g/mol. The number of amides is 1. The lowest BCUT2D eigenvalue weighted by Crippen LogP contribution is -2.56. The Balaban J connectivity index is 0.00000220. The Morgan fingerprint density at radius 3 is 2.18 bits per heavy atom. The Hall–Kier alpha value is -0.810. The molecule has 4 nitrogen and oxygen atoms in total. The number of hydrogen-bond acceptors (Lipinski definition) is 3. The van der Waals surface area contributed by atoms with Gasteiger partial charge in [0, 0.05) is 32.7 Å². The van der Waals surface area contributed by atoms with Crippen molar-refractivity contribution in [1.29, 1.82) is 0 Å². The average Bonchev–Trinajstić information content (AvgIpc) is 2.40. The molecule has 1 aromatic carbocycles. The molecule has 1 aliphatic rings. The quantitative estimate of drug-likeness (QED) is 0.911. The predicted molar refractivity (Wildman–Crippen MR) is 95.8 cm³/mol. The van der Waals surface area contributed by atoms with Gasteiger partial charge in [0.25, 0.3) is 0 Å². The highest BCUT2D eigenvalue weighted by atomic mass is 35.5. The van der Waals surface area contributed by atoms with Crippen LogP contribution in [0.25, 0.3) is 0 Å². The molecule has 1 amide bonds. The van der Waals surface area contributed by atoms with E-state index in [1.807, 2.05) is 4.90 Å². The summed E-state index contributed by atoms with van der Waals surface area (Å²) in [5.74, 6) is 0.0491. The van der Waals surface area contributed by atoms with E-state index < -0.39 is 5.54 Å². The number of nitrogens with two attached hydrogens (primary N) is 1. The molecular formula is C16H27Cl2N3O. The summed E-state index contributed by atoms with van der Waals surface area (Å²) in [4.78, 5) is 16.4. The summed E-state index contributed by atoms with van der Waals surface area (Å²) in [7, 11) is 0. The SMILES string of the molecule is Cc1ccccc1CN1CCN(C(=O)C(C)(C)N)CC1.Cl.Cl. The van der Waals surface area contributed by atoms with Gasteiger partial charge in [-0.2, -0.15) is 0 Å². The van der Waals surface area contributed by atoms with Crippen molar-refractivity contribution in [3.63, 3.8) is 0 Å². The molecule has 2 rings (SSSR count). The van der Waals surface area contributed by atoms with E-state index >= 15 is 0 Å². The van der Waals surface area contributed by atoms with Gasteiger partial charge in [0.1, 0.15) is 0 Å². The first kappa shape index (κ1) is 21.2. The van der Waals surface area contributed by atoms with Crippen molar-refractivity contribution >= 4 is 30.7 Å². The fourth-order valence-electron chi connectivity index (χ4n) is 2.54. The van der Waals surface area contributed by atoms with Crippen molar-refractivity contribution in [2.24, 2.45) is 5.73 Å². The van der Waals surface area contributed by atoms with Crippen LogP contribution in [0.5, 0.6) is 0 Å². The largest absolute Gasteiger partial charge is 0.339 e. The van der Waals surface area contributed by atoms with Crippen LogP contribution < -0.4 is 5.73 Å². The third-order valence-corrected chi connectivity index (χ3v) is 3.87. The fourth-order valence-corrected chi connectivity index (χ4v) is 2.54. The molecule has 126 valence electrons. The first-order valence-corrected chi connectivity index (χ1v) is 7.23. The Kier molecular flexibility index (Phi) is 8.40. The zero-order chi connectivity index (χ0) is 14.8. The minimum absolute atomic E-state index is 0. The minimum atomic E-state index is -0.766. The number of carbonyl (C=O) groups excluding carboxylic acids is 1. The maximum Gasteiger partial charge on any atom is 0.242 e. The number of rotatable bonds is 3. The number of aryl methyl sites for hydroxylation is 1. The second-order valence-electron chi connectivity index (χ2n) is 6.22. The van der Waals surface area contributed by atoms with Crippen LogP contribution in [0.4, 0.5) is 0 Å². The van der Waals surface area contributed by atoms with Crippen LogP contribution in [0.1, 0.15) is 25.0 Å². The van der Waals surface area contributed by atoms with Gasteiger partial charge in [-0.25, -0.2) is 0 Å². The fraction of sp³-hybridized carbons (Fsp3) is 0.562. The normalized spacial score (nSPS) is 15.7. The highest BCUT2D eigenvalue weighted by molar-refractivity contribution is 5.86. The molecule has 6 heteroatoms. The topological polar surface area (TPSA) is 49.6 Å². The first-order chi connectivity index (χ1) is 9.38. The van der Waals surface area contributed by atoms with E-state index in [1.165, 1.54) is 11.1 Å².